The normalized spacial score (nSPS) is 9.85. The second-order valence-corrected chi connectivity index (χ2v) is 2.51. The number of rotatable bonds is 3. The number of hydrogen-bond donors (Lipinski definition) is 2. The highest BCUT2D eigenvalue weighted by Crippen LogP contribution is 1.98. The van der Waals surface area contributed by atoms with Crippen LogP contribution in [0.25, 0.3) is 0 Å². The Hall–Kier alpha value is -1.91. The van der Waals surface area contributed by atoms with Crippen molar-refractivity contribution in [2.24, 2.45) is 0 Å². The van der Waals surface area contributed by atoms with Crippen LogP contribution in [0, 0.1) is 0 Å². The van der Waals surface area contributed by atoms with E-state index < -0.39 is 0 Å². The maximum atomic E-state index is 4.02. The molecule has 2 rings (SSSR count). The average molecular weight is 175 g/mol. The number of anilines is 1. The monoisotopic (exact) mass is 175 g/mol. The van der Waals surface area contributed by atoms with Crippen LogP contribution in [0.1, 0.15) is 5.69 Å². The fourth-order valence-corrected chi connectivity index (χ4v) is 0.948. The van der Waals surface area contributed by atoms with Crippen LogP contribution in [-0.4, -0.2) is 20.2 Å². The maximum absolute atomic E-state index is 4.02. The Morgan fingerprint density at radius 1 is 1.23 bits per heavy atom. The van der Waals surface area contributed by atoms with Gasteiger partial charge in [0.05, 0.1) is 12.2 Å². The summed E-state index contributed by atoms with van der Waals surface area (Å²) in [6, 6.07) is 3.68. The first kappa shape index (κ1) is 7.72. The zero-order valence-electron chi connectivity index (χ0n) is 6.94. The van der Waals surface area contributed by atoms with Crippen LogP contribution in [0.2, 0.25) is 0 Å². The fourth-order valence-electron chi connectivity index (χ4n) is 0.948. The van der Waals surface area contributed by atoms with Crippen molar-refractivity contribution in [1.82, 2.24) is 20.2 Å². The minimum Gasteiger partial charge on any atom is -0.349 e. The van der Waals surface area contributed by atoms with Crippen LogP contribution in [0.15, 0.2) is 30.7 Å². The second-order valence-electron chi connectivity index (χ2n) is 2.51. The van der Waals surface area contributed by atoms with Gasteiger partial charge in [0.1, 0.15) is 0 Å². The Bertz CT molecular complexity index is 342. The summed E-state index contributed by atoms with van der Waals surface area (Å²) in [4.78, 5) is 8.04. The lowest BCUT2D eigenvalue weighted by Gasteiger charge is -2.00. The van der Waals surface area contributed by atoms with E-state index in [0.717, 1.165) is 5.69 Å². The second kappa shape index (κ2) is 3.66. The molecule has 0 amide bonds. The standard InChI is InChI=1S/C8H9N5/c1-3-9-8(10-4-1)11-6-7-2-5-12-13-7/h1-5H,6H2,(H,12,13)(H,9,10,11). The molecule has 5 heteroatoms. The van der Waals surface area contributed by atoms with Crippen molar-refractivity contribution in [3.63, 3.8) is 0 Å². The van der Waals surface area contributed by atoms with Gasteiger partial charge in [-0.2, -0.15) is 5.10 Å². The van der Waals surface area contributed by atoms with Crippen molar-refractivity contribution >= 4 is 5.95 Å². The lowest BCUT2D eigenvalue weighted by atomic mass is 10.4. The molecular formula is C8H9N5. The third-order valence-corrected chi connectivity index (χ3v) is 1.56. The molecule has 0 aliphatic rings. The molecule has 0 saturated heterocycles. The largest absolute Gasteiger partial charge is 0.349 e. The van der Waals surface area contributed by atoms with Crippen molar-refractivity contribution in [2.75, 3.05) is 5.32 Å². The van der Waals surface area contributed by atoms with Crippen molar-refractivity contribution in [1.29, 1.82) is 0 Å². The van der Waals surface area contributed by atoms with Crippen molar-refractivity contribution < 1.29 is 0 Å². The zero-order valence-corrected chi connectivity index (χ0v) is 6.94. The SMILES string of the molecule is c1cnc(NCc2ccn[nH]2)nc1. The summed E-state index contributed by atoms with van der Waals surface area (Å²) in [5.41, 5.74) is 1.01. The van der Waals surface area contributed by atoms with Gasteiger partial charge < -0.3 is 5.32 Å². The quantitative estimate of drug-likeness (QED) is 0.724. The van der Waals surface area contributed by atoms with Crippen LogP contribution in [0.3, 0.4) is 0 Å². The van der Waals surface area contributed by atoms with E-state index in [-0.39, 0.29) is 0 Å². The van der Waals surface area contributed by atoms with Crippen LogP contribution >= 0.6 is 0 Å². The van der Waals surface area contributed by atoms with E-state index in [9.17, 15) is 0 Å². The highest BCUT2D eigenvalue weighted by Gasteiger charge is 1.94. The van der Waals surface area contributed by atoms with E-state index in [1.54, 1.807) is 24.7 Å². The third-order valence-electron chi connectivity index (χ3n) is 1.56. The Morgan fingerprint density at radius 2 is 2.08 bits per heavy atom. The minimum absolute atomic E-state index is 0.622. The van der Waals surface area contributed by atoms with Crippen molar-refractivity contribution in [3.05, 3.63) is 36.4 Å². The first-order valence-electron chi connectivity index (χ1n) is 3.94. The molecule has 0 saturated carbocycles. The molecule has 0 aliphatic carbocycles. The molecule has 2 N–H and O–H groups in total. The third kappa shape index (κ3) is 2.02. The summed E-state index contributed by atoms with van der Waals surface area (Å²) in [5.74, 6) is 0.622. The summed E-state index contributed by atoms with van der Waals surface area (Å²) < 4.78 is 0. The highest BCUT2D eigenvalue weighted by molar-refractivity contribution is 5.23. The summed E-state index contributed by atoms with van der Waals surface area (Å²) in [5, 5.41) is 9.72. The van der Waals surface area contributed by atoms with E-state index in [1.165, 1.54) is 0 Å². The molecule has 13 heavy (non-hydrogen) atoms. The van der Waals surface area contributed by atoms with E-state index in [4.69, 9.17) is 0 Å². The molecule has 5 nitrogen and oxygen atoms in total. The molecule has 0 unspecified atom stereocenters. The van der Waals surface area contributed by atoms with Crippen LogP contribution in [0.5, 0.6) is 0 Å². The summed E-state index contributed by atoms with van der Waals surface area (Å²) in [7, 11) is 0. The van der Waals surface area contributed by atoms with Gasteiger partial charge in [0, 0.05) is 18.6 Å². The Labute approximate surface area is 75.2 Å². The van der Waals surface area contributed by atoms with Gasteiger partial charge in [-0.3, -0.25) is 5.10 Å². The number of aromatic nitrogens is 4. The molecule has 0 atom stereocenters. The van der Waals surface area contributed by atoms with Gasteiger partial charge in [-0.25, -0.2) is 9.97 Å². The highest BCUT2D eigenvalue weighted by atomic mass is 15.1. The van der Waals surface area contributed by atoms with Gasteiger partial charge in [0.25, 0.3) is 0 Å². The molecule has 2 heterocycles. The van der Waals surface area contributed by atoms with Gasteiger partial charge in [0.15, 0.2) is 0 Å². The van der Waals surface area contributed by atoms with E-state index in [0.29, 0.717) is 12.5 Å². The smallest absolute Gasteiger partial charge is 0.222 e. The van der Waals surface area contributed by atoms with Crippen LogP contribution < -0.4 is 5.32 Å². The predicted molar refractivity (Wildman–Crippen MR) is 47.9 cm³/mol. The van der Waals surface area contributed by atoms with Gasteiger partial charge in [-0.1, -0.05) is 0 Å². The maximum Gasteiger partial charge on any atom is 0.222 e. The number of nitrogens with zero attached hydrogens (tertiary/aromatic N) is 3. The fraction of sp³-hybridized carbons (Fsp3) is 0.125. The number of aromatic amines is 1. The number of hydrogen-bond acceptors (Lipinski definition) is 4. The lowest BCUT2D eigenvalue weighted by molar-refractivity contribution is 0.961. The molecular weight excluding hydrogens is 166 g/mol. The first-order valence-corrected chi connectivity index (χ1v) is 3.94. The van der Waals surface area contributed by atoms with E-state index >= 15 is 0 Å². The first-order chi connectivity index (χ1) is 6.45. The molecule has 0 bridgehead atoms. The average Bonchev–Trinajstić information content (AvgIpc) is 2.69. The molecule has 0 aliphatic heterocycles. The van der Waals surface area contributed by atoms with E-state index in [1.807, 2.05) is 6.07 Å². The Balaban J connectivity index is 1.94. The zero-order chi connectivity index (χ0) is 8.93. The van der Waals surface area contributed by atoms with Gasteiger partial charge >= 0.3 is 0 Å². The van der Waals surface area contributed by atoms with Gasteiger partial charge in [-0.05, 0) is 12.1 Å². The summed E-state index contributed by atoms with van der Waals surface area (Å²) >= 11 is 0. The topological polar surface area (TPSA) is 66.5 Å². The summed E-state index contributed by atoms with van der Waals surface area (Å²) in [6.07, 6.45) is 5.10. The van der Waals surface area contributed by atoms with Gasteiger partial charge in [-0.15, -0.1) is 0 Å². The molecule has 2 aromatic heterocycles. The Morgan fingerprint density at radius 3 is 2.77 bits per heavy atom. The summed E-state index contributed by atoms with van der Waals surface area (Å²) in [6.45, 7) is 0.657. The lowest BCUT2D eigenvalue weighted by Crippen LogP contribution is -2.02. The molecule has 0 radical (unpaired) electrons. The van der Waals surface area contributed by atoms with Crippen molar-refractivity contribution in [3.8, 4) is 0 Å². The molecule has 0 aromatic carbocycles. The predicted octanol–water partition coefficient (Wildman–Crippen LogP) is 0.812. The van der Waals surface area contributed by atoms with Crippen LogP contribution in [0.4, 0.5) is 5.95 Å². The molecule has 2 aromatic rings. The molecule has 66 valence electrons. The van der Waals surface area contributed by atoms with Crippen molar-refractivity contribution in [2.45, 2.75) is 6.54 Å². The number of nitrogens with one attached hydrogen (secondary N) is 2. The molecule has 0 fully saturated rings. The minimum atomic E-state index is 0.622. The van der Waals surface area contributed by atoms with Gasteiger partial charge in [0.2, 0.25) is 5.95 Å². The van der Waals surface area contributed by atoms with Crippen LogP contribution in [-0.2, 0) is 6.54 Å². The Kier molecular flexibility index (Phi) is 2.18. The molecule has 0 spiro atoms. The number of H-pyrrole nitrogens is 1. The van der Waals surface area contributed by atoms with E-state index in [2.05, 4.69) is 25.5 Å².